The number of aromatic nitrogens is 1. The van der Waals surface area contributed by atoms with Crippen LogP contribution in [0.5, 0.6) is 0 Å². The second-order valence-corrected chi connectivity index (χ2v) is 2.47. The summed E-state index contributed by atoms with van der Waals surface area (Å²) in [5.41, 5.74) is 3.72. The van der Waals surface area contributed by atoms with E-state index in [0.29, 0.717) is 6.07 Å². The molecule has 2 N–H and O–H groups in total. The number of nitrogens with zero attached hydrogens (tertiary/aromatic N) is 2. The Morgan fingerprint density at radius 3 is 2.64 bits per heavy atom. The monoisotopic (exact) mass is 201 g/mol. The standard InChI is InChI=1S/C8H6F3N3/c9-5-1-4(8(10)11)6(2-12)14-7(5)3-13/h1,8H,3,13H2. The number of rotatable bonds is 2. The summed E-state index contributed by atoms with van der Waals surface area (Å²) in [5.74, 6) is -0.915. The van der Waals surface area contributed by atoms with Gasteiger partial charge in [0.1, 0.15) is 17.6 Å². The first kappa shape index (κ1) is 10.5. The zero-order valence-electron chi connectivity index (χ0n) is 6.97. The molecule has 1 aromatic heterocycles. The summed E-state index contributed by atoms with van der Waals surface area (Å²) in [7, 11) is 0. The molecule has 0 saturated heterocycles. The number of nitriles is 1. The average Bonchev–Trinajstić information content (AvgIpc) is 2.17. The Morgan fingerprint density at radius 1 is 1.57 bits per heavy atom. The topological polar surface area (TPSA) is 62.7 Å². The van der Waals surface area contributed by atoms with Crippen LogP contribution in [0, 0.1) is 17.1 Å². The molecule has 0 fully saturated rings. The van der Waals surface area contributed by atoms with Gasteiger partial charge in [-0.2, -0.15) is 5.26 Å². The van der Waals surface area contributed by atoms with Crippen LogP contribution < -0.4 is 5.73 Å². The van der Waals surface area contributed by atoms with Crippen molar-refractivity contribution in [1.29, 1.82) is 5.26 Å². The Bertz CT molecular complexity index is 384. The van der Waals surface area contributed by atoms with Crippen LogP contribution >= 0.6 is 0 Å². The lowest BCUT2D eigenvalue weighted by molar-refractivity contribution is 0.150. The highest BCUT2D eigenvalue weighted by atomic mass is 19.3. The molecule has 0 saturated carbocycles. The van der Waals surface area contributed by atoms with E-state index in [1.165, 1.54) is 6.07 Å². The molecule has 0 bridgehead atoms. The minimum Gasteiger partial charge on any atom is -0.325 e. The van der Waals surface area contributed by atoms with Gasteiger partial charge in [-0.1, -0.05) is 0 Å². The second-order valence-electron chi connectivity index (χ2n) is 2.47. The number of halogens is 3. The minimum absolute atomic E-state index is 0.189. The van der Waals surface area contributed by atoms with E-state index in [0.717, 1.165) is 0 Å². The summed E-state index contributed by atoms with van der Waals surface area (Å²) in [5, 5.41) is 8.47. The van der Waals surface area contributed by atoms with E-state index < -0.39 is 23.5 Å². The van der Waals surface area contributed by atoms with E-state index in [1.807, 2.05) is 0 Å². The van der Waals surface area contributed by atoms with Crippen molar-refractivity contribution < 1.29 is 13.2 Å². The number of hydrogen-bond donors (Lipinski definition) is 1. The molecule has 0 aliphatic rings. The zero-order chi connectivity index (χ0) is 10.7. The van der Waals surface area contributed by atoms with Crippen molar-refractivity contribution in [2.45, 2.75) is 13.0 Å². The number of pyridine rings is 1. The van der Waals surface area contributed by atoms with Crippen LogP contribution in [0.3, 0.4) is 0 Å². The Labute approximate surface area is 78.0 Å². The van der Waals surface area contributed by atoms with Gasteiger partial charge in [-0.3, -0.25) is 0 Å². The van der Waals surface area contributed by atoms with Crippen molar-refractivity contribution in [2.24, 2.45) is 5.73 Å². The summed E-state index contributed by atoms with van der Waals surface area (Å²) in [4.78, 5) is 3.39. The first-order valence-electron chi connectivity index (χ1n) is 3.67. The van der Waals surface area contributed by atoms with Crippen molar-refractivity contribution >= 4 is 0 Å². The maximum Gasteiger partial charge on any atom is 0.266 e. The van der Waals surface area contributed by atoms with Gasteiger partial charge in [-0.15, -0.1) is 0 Å². The third-order valence-corrected chi connectivity index (χ3v) is 1.61. The molecule has 6 heteroatoms. The fraction of sp³-hybridized carbons (Fsp3) is 0.250. The molecule has 14 heavy (non-hydrogen) atoms. The highest BCUT2D eigenvalue weighted by Crippen LogP contribution is 2.23. The van der Waals surface area contributed by atoms with Crippen LogP contribution in [-0.2, 0) is 6.54 Å². The smallest absolute Gasteiger partial charge is 0.266 e. The first-order valence-corrected chi connectivity index (χ1v) is 3.67. The van der Waals surface area contributed by atoms with Gasteiger partial charge in [-0.05, 0) is 6.07 Å². The molecule has 1 heterocycles. The van der Waals surface area contributed by atoms with E-state index in [1.54, 1.807) is 0 Å². The molecule has 0 radical (unpaired) electrons. The molecule has 1 aromatic rings. The minimum atomic E-state index is -2.92. The maximum atomic E-state index is 12.9. The Morgan fingerprint density at radius 2 is 2.21 bits per heavy atom. The molecule has 1 rings (SSSR count). The molecule has 0 unspecified atom stereocenters. The summed E-state index contributed by atoms with van der Waals surface area (Å²) in [6, 6.07) is 2.06. The Hall–Kier alpha value is -1.61. The molecule has 3 nitrogen and oxygen atoms in total. The zero-order valence-corrected chi connectivity index (χ0v) is 6.97. The normalized spacial score (nSPS) is 10.3. The van der Waals surface area contributed by atoms with Gasteiger partial charge in [0.05, 0.1) is 11.3 Å². The van der Waals surface area contributed by atoms with Crippen molar-refractivity contribution in [3.63, 3.8) is 0 Å². The van der Waals surface area contributed by atoms with Crippen LogP contribution in [0.4, 0.5) is 13.2 Å². The number of hydrogen-bond acceptors (Lipinski definition) is 3. The third-order valence-electron chi connectivity index (χ3n) is 1.61. The van der Waals surface area contributed by atoms with Crippen LogP contribution in [0.2, 0.25) is 0 Å². The molecule has 0 aliphatic heterocycles. The Kier molecular flexibility index (Phi) is 3.04. The maximum absolute atomic E-state index is 12.9. The molecule has 0 amide bonds. The van der Waals surface area contributed by atoms with Crippen molar-refractivity contribution in [3.05, 3.63) is 28.8 Å². The summed E-state index contributed by atoms with van der Waals surface area (Å²) < 4.78 is 37.4. The number of alkyl halides is 2. The lowest BCUT2D eigenvalue weighted by atomic mass is 10.2. The van der Waals surface area contributed by atoms with E-state index in [4.69, 9.17) is 11.0 Å². The van der Waals surface area contributed by atoms with Crippen LogP contribution in [-0.4, -0.2) is 4.98 Å². The number of nitrogens with two attached hydrogens (primary N) is 1. The van der Waals surface area contributed by atoms with Crippen LogP contribution in [0.1, 0.15) is 23.4 Å². The SMILES string of the molecule is N#Cc1nc(CN)c(F)cc1C(F)F. The van der Waals surface area contributed by atoms with Crippen LogP contribution in [0.25, 0.3) is 0 Å². The predicted octanol–water partition coefficient (Wildman–Crippen LogP) is 1.49. The quantitative estimate of drug-likeness (QED) is 0.788. The molecule has 0 aromatic carbocycles. The molecule has 0 spiro atoms. The lowest BCUT2D eigenvalue weighted by Crippen LogP contribution is -2.07. The molecule has 0 aliphatic carbocycles. The highest BCUT2D eigenvalue weighted by molar-refractivity contribution is 5.34. The van der Waals surface area contributed by atoms with E-state index in [9.17, 15) is 13.2 Å². The predicted molar refractivity (Wildman–Crippen MR) is 41.8 cm³/mol. The molecule has 74 valence electrons. The lowest BCUT2D eigenvalue weighted by Gasteiger charge is -2.04. The van der Waals surface area contributed by atoms with Crippen molar-refractivity contribution in [1.82, 2.24) is 4.98 Å². The average molecular weight is 201 g/mol. The largest absolute Gasteiger partial charge is 0.325 e. The summed E-state index contributed by atoms with van der Waals surface area (Å²) >= 11 is 0. The third kappa shape index (κ3) is 1.83. The highest BCUT2D eigenvalue weighted by Gasteiger charge is 2.17. The van der Waals surface area contributed by atoms with Gasteiger partial charge >= 0.3 is 0 Å². The van der Waals surface area contributed by atoms with Gasteiger partial charge in [0.25, 0.3) is 6.43 Å². The van der Waals surface area contributed by atoms with E-state index in [2.05, 4.69) is 4.98 Å². The second kappa shape index (κ2) is 4.07. The van der Waals surface area contributed by atoms with Crippen molar-refractivity contribution in [2.75, 3.05) is 0 Å². The van der Waals surface area contributed by atoms with E-state index in [-0.39, 0.29) is 12.2 Å². The van der Waals surface area contributed by atoms with Gasteiger partial charge in [0, 0.05) is 6.54 Å². The molecular formula is C8H6F3N3. The van der Waals surface area contributed by atoms with Gasteiger partial charge in [0.15, 0.2) is 0 Å². The Balaban J connectivity index is 3.33. The first-order chi connectivity index (χ1) is 6.60. The van der Waals surface area contributed by atoms with Gasteiger partial charge < -0.3 is 5.73 Å². The van der Waals surface area contributed by atoms with Gasteiger partial charge in [0.2, 0.25) is 0 Å². The molecule has 0 atom stereocenters. The van der Waals surface area contributed by atoms with E-state index >= 15 is 0 Å². The van der Waals surface area contributed by atoms with Crippen LogP contribution in [0.15, 0.2) is 6.07 Å². The fourth-order valence-electron chi connectivity index (χ4n) is 0.940. The fourth-order valence-corrected chi connectivity index (χ4v) is 0.940. The molecular weight excluding hydrogens is 195 g/mol. The van der Waals surface area contributed by atoms with Crippen molar-refractivity contribution in [3.8, 4) is 6.07 Å². The van der Waals surface area contributed by atoms with Gasteiger partial charge in [-0.25, -0.2) is 18.2 Å². The summed E-state index contributed by atoms with van der Waals surface area (Å²) in [6.45, 7) is -0.232. The summed E-state index contributed by atoms with van der Waals surface area (Å²) in [6.07, 6.45) is -2.92.